The van der Waals surface area contributed by atoms with E-state index >= 15 is 0 Å². The summed E-state index contributed by atoms with van der Waals surface area (Å²) in [7, 11) is 0. The van der Waals surface area contributed by atoms with Crippen molar-refractivity contribution in [3.8, 4) is 0 Å². The first-order chi connectivity index (χ1) is 8.74. The normalized spacial score (nSPS) is 18.8. The Bertz CT molecular complexity index is 369. The SMILES string of the molecule is CCC[C@@H](c1c(F)cccc1F)N1CCNCC1. The highest BCUT2D eigenvalue weighted by Gasteiger charge is 2.26. The standard InChI is InChI=1S/C14H20F2N2/c1-2-4-13(18-9-7-17-8-10-18)14-11(15)5-3-6-12(14)16/h3,5-6,13,17H,2,4,7-10H2,1H3/t13-/m0/s1. The van der Waals surface area contributed by atoms with Crippen molar-refractivity contribution >= 4 is 0 Å². The van der Waals surface area contributed by atoms with Gasteiger partial charge in [-0.1, -0.05) is 19.4 Å². The monoisotopic (exact) mass is 254 g/mol. The molecule has 1 N–H and O–H groups in total. The summed E-state index contributed by atoms with van der Waals surface area (Å²) < 4.78 is 27.8. The number of benzene rings is 1. The van der Waals surface area contributed by atoms with Gasteiger partial charge in [0, 0.05) is 37.8 Å². The van der Waals surface area contributed by atoms with Crippen LogP contribution in [0.1, 0.15) is 31.4 Å². The van der Waals surface area contributed by atoms with Gasteiger partial charge in [0.2, 0.25) is 0 Å². The maximum absolute atomic E-state index is 13.9. The first-order valence-electron chi connectivity index (χ1n) is 6.62. The minimum Gasteiger partial charge on any atom is -0.314 e. The van der Waals surface area contributed by atoms with Crippen LogP contribution in [0.3, 0.4) is 0 Å². The number of nitrogens with one attached hydrogen (secondary N) is 1. The molecular formula is C14H20F2N2. The first kappa shape index (κ1) is 13.4. The van der Waals surface area contributed by atoms with Crippen LogP contribution in [0, 0.1) is 11.6 Å². The molecule has 0 bridgehead atoms. The first-order valence-corrected chi connectivity index (χ1v) is 6.62. The van der Waals surface area contributed by atoms with Crippen LogP contribution in [-0.2, 0) is 0 Å². The average Bonchev–Trinajstić information content (AvgIpc) is 2.38. The fourth-order valence-electron chi connectivity index (χ4n) is 2.61. The van der Waals surface area contributed by atoms with Crippen molar-refractivity contribution in [3.05, 3.63) is 35.4 Å². The molecule has 1 fully saturated rings. The molecule has 2 rings (SSSR count). The smallest absolute Gasteiger partial charge is 0.130 e. The fraction of sp³-hybridized carbons (Fsp3) is 0.571. The Morgan fingerprint density at radius 2 is 1.83 bits per heavy atom. The van der Waals surface area contributed by atoms with Gasteiger partial charge in [0.25, 0.3) is 0 Å². The highest BCUT2D eigenvalue weighted by Crippen LogP contribution is 2.30. The predicted octanol–water partition coefficient (Wildman–Crippen LogP) is 2.71. The third kappa shape index (κ3) is 2.87. The zero-order valence-electron chi connectivity index (χ0n) is 10.8. The average molecular weight is 254 g/mol. The van der Waals surface area contributed by atoms with Crippen molar-refractivity contribution < 1.29 is 8.78 Å². The van der Waals surface area contributed by atoms with Gasteiger partial charge in [-0.3, -0.25) is 4.90 Å². The molecule has 100 valence electrons. The molecule has 0 amide bonds. The second-order valence-electron chi connectivity index (χ2n) is 4.73. The summed E-state index contributed by atoms with van der Waals surface area (Å²) in [5, 5.41) is 3.26. The van der Waals surface area contributed by atoms with Crippen LogP contribution < -0.4 is 5.32 Å². The molecule has 1 aromatic rings. The number of nitrogens with zero attached hydrogens (tertiary/aromatic N) is 1. The van der Waals surface area contributed by atoms with Crippen LogP contribution in [0.5, 0.6) is 0 Å². The fourth-order valence-corrected chi connectivity index (χ4v) is 2.61. The molecule has 2 nitrogen and oxygen atoms in total. The van der Waals surface area contributed by atoms with Gasteiger partial charge in [-0.25, -0.2) is 8.78 Å². The summed E-state index contributed by atoms with van der Waals surface area (Å²) in [5.41, 5.74) is 0.237. The molecule has 0 unspecified atom stereocenters. The van der Waals surface area contributed by atoms with Crippen molar-refractivity contribution in [2.24, 2.45) is 0 Å². The molecule has 0 aliphatic carbocycles. The van der Waals surface area contributed by atoms with Gasteiger partial charge >= 0.3 is 0 Å². The van der Waals surface area contributed by atoms with Crippen LogP contribution in [-0.4, -0.2) is 31.1 Å². The topological polar surface area (TPSA) is 15.3 Å². The van der Waals surface area contributed by atoms with Gasteiger partial charge in [-0.05, 0) is 18.6 Å². The number of rotatable bonds is 4. The Balaban J connectivity index is 2.28. The van der Waals surface area contributed by atoms with Crippen molar-refractivity contribution in [1.29, 1.82) is 0 Å². The Hall–Kier alpha value is -1.00. The van der Waals surface area contributed by atoms with Crippen molar-refractivity contribution in [1.82, 2.24) is 10.2 Å². The van der Waals surface area contributed by atoms with E-state index in [0.29, 0.717) is 0 Å². The van der Waals surface area contributed by atoms with Gasteiger partial charge in [0.05, 0.1) is 0 Å². The highest BCUT2D eigenvalue weighted by atomic mass is 19.1. The van der Waals surface area contributed by atoms with E-state index in [1.165, 1.54) is 18.2 Å². The van der Waals surface area contributed by atoms with Gasteiger partial charge in [0.15, 0.2) is 0 Å². The minimum atomic E-state index is -0.424. The largest absolute Gasteiger partial charge is 0.314 e. The van der Waals surface area contributed by atoms with Gasteiger partial charge in [-0.2, -0.15) is 0 Å². The Labute approximate surface area is 107 Å². The zero-order valence-corrected chi connectivity index (χ0v) is 10.8. The quantitative estimate of drug-likeness (QED) is 0.888. The summed E-state index contributed by atoms with van der Waals surface area (Å²) in [5.74, 6) is -0.848. The highest BCUT2D eigenvalue weighted by molar-refractivity contribution is 5.23. The molecule has 0 aromatic heterocycles. The van der Waals surface area contributed by atoms with Crippen molar-refractivity contribution in [2.45, 2.75) is 25.8 Å². The third-order valence-electron chi connectivity index (χ3n) is 3.49. The van der Waals surface area contributed by atoms with Crippen LogP contribution in [0.2, 0.25) is 0 Å². The van der Waals surface area contributed by atoms with Crippen LogP contribution in [0.15, 0.2) is 18.2 Å². The summed E-state index contributed by atoms with van der Waals surface area (Å²) in [6, 6.07) is 3.99. The summed E-state index contributed by atoms with van der Waals surface area (Å²) in [6.45, 7) is 5.51. The molecule has 1 aliphatic rings. The van der Waals surface area contributed by atoms with Gasteiger partial charge in [0.1, 0.15) is 11.6 Å². The van der Waals surface area contributed by atoms with E-state index in [1.54, 1.807) is 0 Å². The van der Waals surface area contributed by atoms with E-state index in [4.69, 9.17) is 0 Å². The van der Waals surface area contributed by atoms with E-state index in [2.05, 4.69) is 10.2 Å². The summed E-state index contributed by atoms with van der Waals surface area (Å²) in [4.78, 5) is 2.18. The van der Waals surface area contributed by atoms with Crippen LogP contribution in [0.4, 0.5) is 8.78 Å². The lowest BCUT2D eigenvalue weighted by molar-refractivity contribution is 0.158. The summed E-state index contributed by atoms with van der Waals surface area (Å²) in [6.07, 6.45) is 1.71. The molecule has 1 atom stereocenters. The molecule has 0 saturated carbocycles. The zero-order chi connectivity index (χ0) is 13.0. The van der Waals surface area contributed by atoms with E-state index < -0.39 is 11.6 Å². The lowest BCUT2D eigenvalue weighted by atomic mass is 9.98. The molecule has 18 heavy (non-hydrogen) atoms. The molecule has 0 spiro atoms. The molecule has 1 aliphatic heterocycles. The molecule has 0 radical (unpaired) electrons. The van der Waals surface area contributed by atoms with Crippen LogP contribution >= 0.6 is 0 Å². The second kappa shape index (κ2) is 6.25. The number of hydrogen-bond acceptors (Lipinski definition) is 2. The van der Waals surface area contributed by atoms with Crippen molar-refractivity contribution in [2.75, 3.05) is 26.2 Å². The van der Waals surface area contributed by atoms with E-state index in [9.17, 15) is 8.78 Å². The predicted molar refractivity (Wildman–Crippen MR) is 68.4 cm³/mol. The van der Waals surface area contributed by atoms with Gasteiger partial charge in [-0.15, -0.1) is 0 Å². The summed E-state index contributed by atoms with van der Waals surface area (Å²) >= 11 is 0. The Kier molecular flexibility index (Phi) is 4.66. The van der Waals surface area contributed by atoms with E-state index in [-0.39, 0.29) is 11.6 Å². The minimum absolute atomic E-state index is 0.140. The lowest BCUT2D eigenvalue weighted by Gasteiger charge is -2.35. The number of piperazine rings is 1. The number of halogens is 2. The van der Waals surface area contributed by atoms with Crippen molar-refractivity contribution in [3.63, 3.8) is 0 Å². The van der Waals surface area contributed by atoms with E-state index in [1.807, 2.05) is 6.92 Å². The molecule has 1 saturated heterocycles. The van der Waals surface area contributed by atoms with Gasteiger partial charge < -0.3 is 5.32 Å². The third-order valence-corrected chi connectivity index (χ3v) is 3.49. The second-order valence-corrected chi connectivity index (χ2v) is 4.73. The maximum Gasteiger partial charge on any atom is 0.130 e. The molecule has 1 aromatic carbocycles. The van der Waals surface area contributed by atoms with Crippen LogP contribution in [0.25, 0.3) is 0 Å². The number of hydrogen-bond donors (Lipinski definition) is 1. The lowest BCUT2D eigenvalue weighted by Crippen LogP contribution is -2.45. The molecule has 1 heterocycles. The Morgan fingerprint density at radius 3 is 2.39 bits per heavy atom. The Morgan fingerprint density at radius 1 is 1.22 bits per heavy atom. The molecule has 4 heteroatoms. The maximum atomic E-state index is 13.9. The molecular weight excluding hydrogens is 234 g/mol. The van der Waals surface area contributed by atoms with E-state index in [0.717, 1.165) is 39.0 Å².